The second-order valence-electron chi connectivity index (χ2n) is 7.48. The monoisotopic (exact) mass is 410 g/mol. The Labute approximate surface area is 172 Å². The zero-order chi connectivity index (χ0) is 19.8. The lowest BCUT2D eigenvalue weighted by atomic mass is 10.1. The number of rotatable bonds is 4. The fraction of sp³-hybridized carbons (Fsp3) is 0.381. The van der Waals surface area contributed by atoms with Crippen molar-refractivity contribution in [2.75, 3.05) is 18.5 Å². The number of carbonyl (C=O) groups excluding carboxylic acids is 2. The van der Waals surface area contributed by atoms with E-state index in [2.05, 4.69) is 15.3 Å². The summed E-state index contributed by atoms with van der Waals surface area (Å²) in [5.74, 6) is -0.0143. The zero-order valence-corrected chi connectivity index (χ0v) is 16.8. The summed E-state index contributed by atoms with van der Waals surface area (Å²) in [6.07, 6.45) is 4.31. The second kappa shape index (κ2) is 7.61. The number of thiazole rings is 1. The number of H-pyrrole nitrogens is 1. The highest BCUT2D eigenvalue weighted by Crippen LogP contribution is 2.29. The van der Waals surface area contributed by atoms with Crippen molar-refractivity contribution in [1.29, 1.82) is 0 Å². The van der Waals surface area contributed by atoms with Crippen LogP contribution in [0.5, 0.6) is 0 Å². The largest absolute Gasteiger partial charge is 0.368 e. The summed E-state index contributed by atoms with van der Waals surface area (Å²) >= 11 is 1.46. The fourth-order valence-corrected chi connectivity index (χ4v) is 5.01. The van der Waals surface area contributed by atoms with Crippen LogP contribution in [-0.4, -0.2) is 45.9 Å². The number of hydrogen-bond donors (Lipinski definition) is 2. The zero-order valence-electron chi connectivity index (χ0n) is 15.9. The van der Waals surface area contributed by atoms with E-state index in [0.717, 1.165) is 39.9 Å². The summed E-state index contributed by atoms with van der Waals surface area (Å²) in [6.45, 7) is 1.83. The van der Waals surface area contributed by atoms with Gasteiger partial charge in [-0.15, -0.1) is 0 Å². The Morgan fingerprint density at radius 3 is 3.10 bits per heavy atom. The first-order valence-electron chi connectivity index (χ1n) is 9.91. The molecule has 29 heavy (non-hydrogen) atoms. The van der Waals surface area contributed by atoms with Crippen LogP contribution in [0.15, 0.2) is 30.5 Å². The van der Waals surface area contributed by atoms with Crippen LogP contribution in [0, 0.1) is 0 Å². The van der Waals surface area contributed by atoms with E-state index < -0.39 is 0 Å². The summed E-state index contributed by atoms with van der Waals surface area (Å²) in [5, 5.41) is 4.57. The molecule has 0 spiro atoms. The summed E-state index contributed by atoms with van der Waals surface area (Å²) in [6, 6.07) is 8.02. The van der Waals surface area contributed by atoms with Crippen LogP contribution in [0.25, 0.3) is 10.9 Å². The number of aromatic nitrogens is 2. The Kier molecular flexibility index (Phi) is 4.81. The Bertz CT molecular complexity index is 1070. The number of para-hydroxylation sites is 1. The van der Waals surface area contributed by atoms with Crippen molar-refractivity contribution in [3.05, 3.63) is 46.6 Å². The van der Waals surface area contributed by atoms with Gasteiger partial charge < -0.3 is 14.6 Å². The van der Waals surface area contributed by atoms with Crippen molar-refractivity contribution in [3.8, 4) is 0 Å². The first-order valence-corrected chi connectivity index (χ1v) is 10.7. The van der Waals surface area contributed by atoms with Crippen LogP contribution in [0.4, 0.5) is 5.13 Å². The van der Waals surface area contributed by atoms with Gasteiger partial charge in [-0.2, -0.15) is 0 Å². The number of amides is 2. The summed E-state index contributed by atoms with van der Waals surface area (Å²) in [5.41, 5.74) is 3.05. The van der Waals surface area contributed by atoms with E-state index in [-0.39, 0.29) is 17.9 Å². The molecule has 4 heterocycles. The molecule has 0 radical (unpaired) electrons. The lowest BCUT2D eigenvalue weighted by molar-refractivity contribution is -0.131. The lowest BCUT2D eigenvalue weighted by Gasteiger charge is -2.26. The van der Waals surface area contributed by atoms with Crippen LogP contribution in [0.3, 0.4) is 0 Å². The quantitative estimate of drug-likeness (QED) is 0.692. The number of anilines is 1. The standard InChI is InChI=1S/C21H22N4O3S/c26-19(10-13-11-22-15-5-2-1-4-14(13)15)25-8-7-16-18(12-25)29-21(23-16)24-20(27)17-6-3-9-28-17/h1-2,4-5,11,17,22H,3,6-10,12H2,(H,23,24,27). The van der Waals surface area contributed by atoms with Crippen LogP contribution in [0.2, 0.25) is 0 Å². The highest BCUT2D eigenvalue weighted by atomic mass is 32.1. The molecular formula is C21H22N4O3S. The maximum Gasteiger partial charge on any atom is 0.255 e. The van der Waals surface area contributed by atoms with E-state index in [4.69, 9.17) is 4.74 Å². The third-order valence-electron chi connectivity index (χ3n) is 5.55. The van der Waals surface area contributed by atoms with Crippen molar-refractivity contribution in [2.24, 2.45) is 0 Å². The first-order chi connectivity index (χ1) is 14.2. The fourth-order valence-electron chi connectivity index (χ4n) is 3.98. The number of nitrogens with zero attached hydrogens (tertiary/aromatic N) is 2. The summed E-state index contributed by atoms with van der Waals surface area (Å²) in [4.78, 5) is 35.9. The highest BCUT2D eigenvalue weighted by Gasteiger charge is 2.27. The maximum atomic E-state index is 12.9. The van der Waals surface area contributed by atoms with Gasteiger partial charge in [0.15, 0.2) is 5.13 Å². The van der Waals surface area contributed by atoms with Gasteiger partial charge >= 0.3 is 0 Å². The molecule has 0 bridgehead atoms. The van der Waals surface area contributed by atoms with Gasteiger partial charge in [0.1, 0.15) is 6.10 Å². The molecule has 1 aromatic carbocycles. The maximum absolute atomic E-state index is 12.9. The molecule has 3 aromatic rings. The number of aromatic amines is 1. The number of benzene rings is 1. The Balaban J connectivity index is 1.25. The van der Waals surface area contributed by atoms with E-state index in [0.29, 0.717) is 37.7 Å². The molecule has 1 atom stereocenters. The number of hydrogen-bond acceptors (Lipinski definition) is 5. The molecule has 8 heteroatoms. The molecule has 1 fully saturated rings. The molecule has 2 N–H and O–H groups in total. The minimum absolute atomic E-state index is 0.110. The van der Waals surface area contributed by atoms with E-state index in [1.165, 1.54) is 11.3 Å². The van der Waals surface area contributed by atoms with Gasteiger partial charge in [-0.1, -0.05) is 29.5 Å². The average molecular weight is 410 g/mol. The SMILES string of the molecule is O=C(Nc1nc2c(s1)CN(C(=O)Cc1c[nH]c3ccccc13)CC2)C1CCCO1. The Morgan fingerprint density at radius 2 is 2.24 bits per heavy atom. The molecule has 150 valence electrons. The van der Waals surface area contributed by atoms with Gasteiger partial charge in [0.25, 0.3) is 5.91 Å². The van der Waals surface area contributed by atoms with Gasteiger partial charge in [0.2, 0.25) is 5.91 Å². The van der Waals surface area contributed by atoms with Gasteiger partial charge in [-0.3, -0.25) is 14.9 Å². The normalized spacial score (nSPS) is 18.8. The molecule has 0 aliphatic carbocycles. The Hall–Kier alpha value is -2.71. The van der Waals surface area contributed by atoms with Crippen molar-refractivity contribution >= 4 is 39.2 Å². The van der Waals surface area contributed by atoms with Gasteiger partial charge in [-0.25, -0.2) is 4.98 Å². The minimum Gasteiger partial charge on any atom is -0.368 e. The minimum atomic E-state index is -0.370. The van der Waals surface area contributed by atoms with E-state index in [1.807, 2.05) is 35.4 Å². The average Bonchev–Trinajstić information content (AvgIpc) is 3.47. The number of fused-ring (bicyclic) bond motifs is 2. The molecule has 2 aliphatic rings. The van der Waals surface area contributed by atoms with Crippen molar-refractivity contribution in [2.45, 2.75) is 38.3 Å². The predicted molar refractivity (Wildman–Crippen MR) is 111 cm³/mol. The molecule has 5 rings (SSSR count). The topological polar surface area (TPSA) is 87.3 Å². The molecule has 2 aromatic heterocycles. The summed E-state index contributed by atoms with van der Waals surface area (Å²) < 4.78 is 5.43. The van der Waals surface area contributed by atoms with Crippen molar-refractivity contribution in [3.63, 3.8) is 0 Å². The van der Waals surface area contributed by atoms with Gasteiger partial charge in [-0.05, 0) is 24.5 Å². The molecule has 1 unspecified atom stereocenters. The van der Waals surface area contributed by atoms with E-state index >= 15 is 0 Å². The molecule has 2 aliphatic heterocycles. The highest BCUT2D eigenvalue weighted by molar-refractivity contribution is 7.15. The third kappa shape index (κ3) is 3.65. The summed E-state index contributed by atoms with van der Waals surface area (Å²) in [7, 11) is 0. The number of ether oxygens (including phenoxy) is 1. The van der Waals surface area contributed by atoms with Crippen LogP contribution in [-0.2, 0) is 33.7 Å². The van der Waals surface area contributed by atoms with Crippen molar-refractivity contribution < 1.29 is 14.3 Å². The second-order valence-corrected chi connectivity index (χ2v) is 8.56. The predicted octanol–water partition coefficient (Wildman–Crippen LogP) is 2.87. The van der Waals surface area contributed by atoms with E-state index in [1.54, 1.807) is 0 Å². The van der Waals surface area contributed by atoms with Crippen molar-refractivity contribution in [1.82, 2.24) is 14.9 Å². The number of carbonyl (C=O) groups is 2. The third-order valence-corrected chi connectivity index (χ3v) is 6.55. The van der Waals surface area contributed by atoms with Crippen LogP contribution in [0.1, 0.15) is 29.0 Å². The molecule has 7 nitrogen and oxygen atoms in total. The molecule has 2 amide bonds. The molecule has 1 saturated heterocycles. The van der Waals surface area contributed by atoms with E-state index in [9.17, 15) is 9.59 Å². The number of nitrogens with one attached hydrogen (secondary N) is 2. The molecular weight excluding hydrogens is 388 g/mol. The van der Waals surface area contributed by atoms with Crippen LogP contribution >= 0.6 is 11.3 Å². The Morgan fingerprint density at radius 1 is 1.34 bits per heavy atom. The van der Waals surface area contributed by atoms with Crippen LogP contribution < -0.4 is 5.32 Å². The lowest BCUT2D eigenvalue weighted by Crippen LogP contribution is -2.36. The van der Waals surface area contributed by atoms with Gasteiger partial charge in [0.05, 0.1) is 18.7 Å². The molecule has 0 saturated carbocycles. The van der Waals surface area contributed by atoms with Gasteiger partial charge in [0, 0.05) is 41.5 Å². The first kappa shape index (κ1) is 18.3. The smallest absolute Gasteiger partial charge is 0.255 e.